The lowest BCUT2D eigenvalue weighted by Gasteiger charge is -2.34. The molecule has 1 aromatic rings. The van der Waals surface area contributed by atoms with Crippen LogP contribution in [0.3, 0.4) is 0 Å². The molecule has 1 fully saturated rings. The van der Waals surface area contributed by atoms with Gasteiger partial charge in [0.25, 0.3) is 0 Å². The monoisotopic (exact) mass is 364 g/mol. The molecule has 1 heterocycles. The summed E-state index contributed by atoms with van der Waals surface area (Å²) in [6.45, 7) is 7.48. The summed E-state index contributed by atoms with van der Waals surface area (Å²) in [5.41, 5.74) is 0.958. The van der Waals surface area contributed by atoms with Gasteiger partial charge in [-0.15, -0.1) is 12.4 Å². The van der Waals surface area contributed by atoms with Gasteiger partial charge in [0.2, 0.25) is 10.0 Å². The summed E-state index contributed by atoms with van der Waals surface area (Å²) in [4.78, 5) is 0.265. The topological polar surface area (TPSA) is 49.4 Å². The van der Waals surface area contributed by atoms with Crippen molar-refractivity contribution in [1.82, 2.24) is 9.62 Å². The number of hydrogen-bond acceptors (Lipinski definition) is 3. The van der Waals surface area contributed by atoms with Crippen molar-refractivity contribution in [3.8, 4) is 0 Å². The summed E-state index contributed by atoms with van der Waals surface area (Å²) in [5, 5.41) is 3.26. The summed E-state index contributed by atoms with van der Waals surface area (Å²) < 4.78 is 41.4. The van der Waals surface area contributed by atoms with Gasteiger partial charge in [0.1, 0.15) is 5.82 Å². The predicted molar refractivity (Wildman–Crippen MR) is 93.2 cm³/mol. The van der Waals surface area contributed by atoms with Crippen LogP contribution in [0.1, 0.15) is 37.3 Å². The van der Waals surface area contributed by atoms with Crippen molar-refractivity contribution in [1.29, 1.82) is 0 Å². The first-order valence-electron chi connectivity index (χ1n) is 7.87. The van der Waals surface area contributed by atoms with Gasteiger partial charge >= 0.3 is 0 Å². The lowest BCUT2D eigenvalue weighted by atomic mass is 10.1. The van der Waals surface area contributed by atoms with E-state index < -0.39 is 15.8 Å². The molecule has 0 spiro atoms. The van der Waals surface area contributed by atoms with Crippen molar-refractivity contribution in [2.75, 3.05) is 19.6 Å². The Balaban J connectivity index is 0.00000264. The molecular formula is C16H26ClFN2O2S. The van der Waals surface area contributed by atoms with E-state index in [1.54, 1.807) is 18.2 Å². The van der Waals surface area contributed by atoms with Crippen LogP contribution in [-0.4, -0.2) is 38.4 Å². The van der Waals surface area contributed by atoms with E-state index in [1.165, 1.54) is 12.1 Å². The first kappa shape index (κ1) is 20.4. The molecule has 0 aromatic heterocycles. The highest BCUT2D eigenvalue weighted by molar-refractivity contribution is 7.89. The van der Waals surface area contributed by atoms with E-state index >= 15 is 0 Å². The zero-order valence-corrected chi connectivity index (χ0v) is 15.6. The lowest BCUT2D eigenvalue weighted by Crippen LogP contribution is -2.46. The van der Waals surface area contributed by atoms with Crippen molar-refractivity contribution in [3.63, 3.8) is 0 Å². The normalized spacial score (nSPS) is 16.4. The molecule has 0 atom stereocenters. The molecule has 1 saturated heterocycles. The highest BCUT2D eigenvalue weighted by atomic mass is 35.5. The van der Waals surface area contributed by atoms with Gasteiger partial charge < -0.3 is 5.32 Å². The zero-order valence-electron chi connectivity index (χ0n) is 13.9. The average Bonchev–Trinajstić information content (AvgIpc) is 2.44. The van der Waals surface area contributed by atoms with Crippen molar-refractivity contribution < 1.29 is 12.8 Å². The van der Waals surface area contributed by atoms with Crippen LogP contribution in [-0.2, 0) is 10.0 Å². The maximum atomic E-state index is 13.5. The Kier molecular flexibility index (Phi) is 7.45. The standard InChI is InChI=1S/C16H25FN2O2S.ClH/c1-4-9-19(15-5-7-18-8-6-15)22(20,21)16-12(2)10-14(17)11-13(16)3;/h10-11,15,18H,4-9H2,1-3H3;1H. The van der Waals surface area contributed by atoms with E-state index in [4.69, 9.17) is 0 Å². The fraction of sp³-hybridized carbons (Fsp3) is 0.625. The Hall–Kier alpha value is -0.690. The number of nitrogens with one attached hydrogen (secondary N) is 1. The fourth-order valence-corrected chi connectivity index (χ4v) is 5.43. The highest BCUT2D eigenvalue weighted by Crippen LogP contribution is 2.28. The molecule has 0 radical (unpaired) electrons. The number of sulfonamides is 1. The quantitative estimate of drug-likeness (QED) is 0.873. The summed E-state index contributed by atoms with van der Waals surface area (Å²) in [5.74, 6) is -0.391. The van der Waals surface area contributed by atoms with Crippen LogP contribution in [0.25, 0.3) is 0 Å². The van der Waals surface area contributed by atoms with Gasteiger partial charge in [0, 0.05) is 12.6 Å². The smallest absolute Gasteiger partial charge is 0.243 e. The van der Waals surface area contributed by atoms with Gasteiger partial charge in [0.05, 0.1) is 4.90 Å². The first-order valence-corrected chi connectivity index (χ1v) is 9.31. The number of halogens is 2. The highest BCUT2D eigenvalue weighted by Gasteiger charge is 2.33. The van der Waals surface area contributed by atoms with Crippen LogP contribution < -0.4 is 5.32 Å². The van der Waals surface area contributed by atoms with Crippen LogP contribution in [0.15, 0.2) is 17.0 Å². The predicted octanol–water partition coefficient (Wildman–Crippen LogP) is 3.02. The molecule has 4 nitrogen and oxygen atoms in total. The molecule has 1 aliphatic rings. The van der Waals surface area contributed by atoms with E-state index in [1.807, 2.05) is 6.92 Å². The third-order valence-corrected chi connectivity index (χ3v) is 6.41. The van der Waals surface area contributed by atoms with E-state index in [9.17, 15) is 12.8 Å². The minimum atomic E-state index is -3.60. The fourth-order valence-electron chi connectivity index (χ4n) is 3.24. The van der Waals surface area contributed by atoms with Gasteiger partial charge in [0.15, 0.2) is 0 Å². The first-order chi connectivity index (χ1) is 10.4. The van der Waals surface area contributed by atoms with Crippen molar-refractivity contribution in [2.24, 2.45) is 0 Å². The van der Waals surface area contributed by atoms with Crippen molar-refractivity contribution in [2.45, 2.75) is 51.0 Å². The number of rotatable bonds is 5. The maximum Gasteiger partial charge on any atom is 0.243 e. The molecule has 2 rings (SSSR count). The number of benzene rings is 1. The molecule has 0 bridgehead atoms. The van der Waals surface area contributed by atoms with Crippen molar-refractivity contribution in [3.05, 3.63) is 29.1 Å². The zero-order chi connectivity index (χ0) is 16.3. The minimum Gasteiger partial charge on any atom is -0.317 e. The molecule has 23 heavy (non-hydrogen) atoms. The van der Waals surface area contributed by atoms with Gasteiger partial charge in [-0.1, -0.05) is 6.92 Å². The Labute approximate surface area is 144 Å². The molecule has 1 N–H and O–H groups in total. The van der Waals surface area contributed by atoms with E-state index in [0.29, 0.717) is 17.7 Å². The second kappa shape index (κ2) is 8.42. The molecule has 0 saturated carbocycles. The Morgan fingerprint density at radius 1 is 1.22 bits per heavy atom. The second-order valence-corrected chi connectivity index (χ2v) is 7.79. The van der Waals surface area contributed by atoms with Crippen molar-refractivity contribution >= 4 is 22.4 Å². The Morgan fingerprint density at radius 2 is 1.74 bits per heavy atom. The average molecular weight is 365 g/mol. The molecule has 7 heteroatoms. The Morgan fingerprint density at radius 3 is 2.22 bits per heavy atom. The number of nitrogens with zero attached hydrogens (tertiary/aromatic N) is 1. The molecule has 0 amide bonds. The van der Waals surface area contributed by atoms with E-state index in [2.05, 4.69) is 5.32 Å². The van der Waals surface area contributed by atoms with Crippen LogP contribution >= 0.6 is 12.4 Å². The third-order valence-electron chi connectivity index (χ3n) is 4.15. The summed E-state index contributed by atoms with van der Waals surface area (Å²) in [6.07, 6.45) is 2.40. The van der Waals surface area contributed by atoms with E-state index in [0.717, 1.165) is 32.4 Å². The third kappa shape index (κ3) is 4.44. The van der Waals surface area contributed by atoms with Crippen LogP contribution in [0.2, 0.25) is 0 Å². The lowest BCUT2D eigenvalue weighted by molar-refractivity contribution is 0.262. The molecule has 1 aromatic carbocycles. The summed E-state index contributed by atoms with van der Waals surface area (Å²) in [6, 6.07) is 2.62. The van der Waals surface area contributed by atoms with Gasteiger partial charge in [-0.05, 0) is 69.5 Å². The van der Waals surface area contributed by atoms with Gasteiger partial charge in [-0.2, -0.15) is 4.31 Å². The maximum absolute atomic E-state index is 13.5. The second-order valence-electron chi connectivity index (χ2n) is 5.97. The largest absolute Gasteiger partial charge is 0.317 e. The Bertz CT molecular complexity index is 608. The van der Waals surface area contributed by atoms with Crippen LogP contribution in [0, 0.1) is 19.7 Å². The van der Waals surface area contributed by atoms with Crippen LogP contribution in [0.4, 0.5) is 4.39 Å². The number of aryl methyl sites for hydroxylation is 2. The number of hydrogen-bond donors (Lipinski definition) is 1. The van der Waals surface area contributed by atoms with E-state index in [-0.39, 0.29) is 23.3 Å². The summed E-state index contributed by atoms with van der Waals surface area (Å²) >= 11 is 0. The minimum absolute atomic E-state index is 0. The molecule has 0 unspecified atom stereocenters. The molecule has 1 aliphatic heterocycles. The molecule has 0 aliphatic carbocycles. The SMILES string of the molecule is CCCN(C1CCNCC1)S(=O)(=O)c1c(C)cc(F)cc1C.Cl. The van der Waals surface area contributed by atoms with Crippen LogP contribution in [0.5, 0.6) is 0 Å². The number of piperidine rings is 1. The van der Waals surface area contributed by atoms with Gasteiger partial charge in [-0.3, -0.25) is 0 Å². The summed E-state index contributed by atoms with van der Waals surface area (Å²) in [7, 11) is -3.60. The molecular weight excluding hydrogens is 339 g/mol. The van der Waals surface area contributed by atoms with Gasteiger partial charge in [-0.25, -0.2) is 12.8 Å². The molecule has 132 valence electrons.